The Balaban J connectivity index is 1.42. The maximum absolute atomic E-state index is 12.8. The Morgan fingerprint density at radius 2 is 1.80 bits per heavy atom. The topological polar surface area (TPSA) is 118 Å². The maximum atomic E-state index is 12.8. The van der Waals surface area contributed by atoms with Crippen LogP contribution in [0.1, 0.15) is 53.7 Å². The van der Waals surface area contributed by atoms with Crippen LogP contribution in [-0.2, 0) is 19.7 Å². The summed E-state index contributed by atoms with van der Waals surface area (Å²) in [6.07, 6.45) is 0.325. The Morgan fingerprint density at radius 1 is 1.07 bits per heavy atom. The van der Waals surface area contributed by atoms with E-state index in [2.05, 4.69) is 38.3 Å². The van der Waals surface area contributed by atoms with Gasteiger partial charge in [0.2, 0.25) is 5.82 Å². The summed E-state index contributed by atoms with van der Waals surface area (Å²) >= 11 is 3.55. The fourth-order valence-corrected chi connectivity index (χ4v) is 4.78. The number of furan rings is 1. The van der Waals surface area contributed by atoms with E-state index < -0.39 is 23.0 Å². The van der Waals surface area contributed by atoms with Crippen LogP contribution < -0.4 is 10.1 Å². The normalized spacial score (nSPS) is 16.5. The van der Waals surface area contributed by atoms with Crippen LogP contribution in [0.3, 0.4) is 0 Å². The number of hydrogen-bond acceptors (Lipinski definition) is 9. The molecule has 0 aliphatic carbocycles. The van der Waals surface area contributed by atoms with E-state index in [9.17, 15) is 4.79 Å². The molecule has 2 aromatic heterocycles. The van der Waals surface area contributed by atoms with Crippen molar-refractivity contribution in [3.8, 4) is 28.6 Å². The lowest BCUT2D eigenvalue weighted by molar-refractivity contribution is -0.274. The first-order valence-corrected chi connectivity index (χ1v) is 14.3. The van der Waals surface area contributed by atoms with Gasteiger partial charge in [-0.25, -0.2) is 4.79 Å². The molecule has 41 heavy (non-hydrogen) atoms. The number of fused-ring (bicyclic) bond motifs is 1. The first kappa shape index (κ1) is 29.1. The standard InChI is InChI=1S/C30H34BrN3O7/c1-7-12-36-23-11-9-19(14-21(23)31)26-32-25(34-41-26)18-8-10-22-20(13-18)15-24(39-22)30(16-37-29(5,6)38-17-30)33-27(35)40-28(2,3)4/h8-11,13-15H,7,12,16-17H2,1-6H3,(H,33,35). The third-order valence-corrected chi connectivity index (χ3v) is 7.00. The van der Waals surface area contributed by atoms with Crippen molar-refractivity contribution in [2.75, 3.05) is 19.8 Å². The summed E-state index contributed by atoms with van der Waals surface area (Å²) < 4.78 is 35.7. The average molecular weight is 629 g/mol. The molecule has 1 aliphatic heterocycles. The molecule has 0 saturated carbocycles. The van der Waals surface area contributed by atoms with Gasteiger partial charge in [0.25, 0.3) is 5.89 Å². The number of rotatable bonds is 7. The molecule has 1 saturated heterocycles. The van der Waals surface area contributed by atoms with Gasteiger partial charge in [-0.1, -0.05) is 12.1 Å². The van der Waals surface area contributed by atoms with Crippen LogP contribution in [0.2, 0.25) is 0 Å². The molecule has 4 aromatic rings. The number of carbonyl (C=O) groups excluding carboxylic acids is 1. The van der Waals surface area contributed by atoms with Crippen molar-refractivity contribution in [3.05, 3.63) is 52.7 Å². The van der Waals surface area contributed by atoms with Crippen molar-refractivity contribution >= 4 is 33.0 Å². The van der Waals surface area contributed by atoms with Crippen molar-refractivity contribution in [2.24, 2.45) is 0 Å². The van der Waals surface area contributed by atoms with Gasteiger partial charge in [0.05, 0.1) is 24.3 Å². The van der Waals surface area contributed by atoms with Gasteiger partial charge in [-0.3, -0.25) is 0 Å². The fourth-order valence-electron chi connectivity index (χ4n) is 4.29. The van der Waals surface area contributed by atoms with E-state index in [1.165, 1.54) is 0 Å². The molecule has 0 spiro atoms. The summed E-state index contributed by atoms with van der Waals surface area (Å²) in [5.74, 6) is 1.26. The molecule has 0 atom stereocenters. The molecular formula is C30H34BrN3O7. The Morgan fingerprint density at radius 3 is 2.49 bits per heavy atom. The van der Waals surface area contributed by atoms with Gasteiger partial charge in [-0.05, 0) is 99.4 Å². The zero-order valence-corrected chi connectivity index (χ0v) is 25.6. The molecule has 0 bridgehead atoms. The predicted octanol–water partition coefficient (Wildman–Crippen LogP) is 7.20. The van der Waals surface area contributed by atoms with E-state index in [0.717, 1.165) is 33.2 Å². The van der Waals surface area contributed by atoms with Crippen molar-refractivity contribution < 1.29 is 32.7 Å². The minimum atomic E-state index is -1.09. The molecule has 1 N–H and O–H groups in total. The predicted molar refractivity (Wildman–Crippen MR) is 155 cm³/mol. The number of carbonyl (C=O) groups is 1. The highest BCUT2D eigenvalue weighted by Crippen LogP contribution is 2.36. The van der Waals surface area contributed by atoms with E-state index in [-0.39, 0.29) is 13.2 Å². The minimum absolute atomic E-state index is 0.137. The van der Waals surface area contributed by atoms with Crippen LogP contribution in [0.4, 0.5) is 4.79 Å². The second-order valence-electron chi connectivity index (χ2n) is 11.5. The van der Waals surface area contributed by atoms with E-state index in [4.69, 9.17) is 27.9 Å². The summed E-state index contributed by atoms with van der Waals surface area (Å²) in [6.45, 7) is 12.0. The summed E-state index contributed by atoms with van der Waals surface area (Å²) in [4.78, 5) is 17.4. The van der Waals surface area contributed by atoms with Crippen molar-refractivity contribution in [1.82, 2.24) is 15.5 Å². The first-order chi connectivity index (χ1) is 19.4. The van der Waals surface area contributed by atoms with Gasteiger partial charge >= 0.3 is 6.09 Å². The lowest BCUT2D eigenvalue weighted by atomic mass is 9.96. The van der Waals surface area contributed by atoms with Gasteiger partial charge in [-0.2, -0.15) is 4.98 Å². The second-order valence-corrected chi connectivity index (χ2v) is 12.3. The lowest BCUT2D eigenvalue weighted by Gasteiger charge is -2.42. The Hall–Kier alpha value is -3.41. The van der Waals surface area contributed by atoms with Crippen LogP contribution in [0.25, 0.3) is 33.8 Å². The summed E-state index contributed by atoms with van der Waals surface area (Å²) in [7, 11) is 0. The van der Waals surface area contributed by atoms with Crippen LogP contribution in [0, 0.1) is 0 Å². The molecule has 5 rings (SSSR count). The van der Waals surface area contributed by atoms with Crippen LogP contribution >= 0.6 is 15.9 Å². The molecule has 1 aliphatic rings. The smallest absolute Gasteiger partial charge is 0.408 e. The Kier molecular flexibility index (Phi) is 7.88. The van der Waals surface area contributed by atoms with E-state index in [0.29, 0.717) is 29.7 Å². The van der Waals surface area contributed by atoms with Crippen molar-refractivity contribution in [1.29, 1.82) is 0 Å². The fraction of sp³-hybridized carbons (Fsp3) is 0.433. The highest BCUT2D eigenvalue weighted by atomic mass is 79.9. The van der Waals surface area contributed by atoms with Crippen LogP contribution in [0.5, 0.6) is 5.75 Å². The maximum Gasteiger partial charge on any atom is 0.408 e. The van der Waals surface area contributed by atoms with Crippen LogP contribution in [0.15, 0.2) is 55.9 Å². The summed E-state index contributed by atoms with van der Waals surface area (Å²) in [6, 6.07) is 13.1. The Labute approximate surface area is 246 Å². The monoisotopic (exact) mass is 627 g/mol. The van der Waals surface area contributed by atoms with E-state index in [1.54, 1.807) is 20.8 Å². The summed E-state index contributed by atoms with van der Waals surface area (Å²) in [5.41, 5.74) is 0.370. The molecule has 0 radical (unpaired) electrons. The van der Waals surface area contributed by atoms with Gasteiger partial charge in [0.15, 0.2) is 5.79 Å². The molecule has 10 nitrogen and oxygen atoms in total. The van der Waals surface area contributed by atoms with Gasteiger partial charge in [0, 0.05) is 16.5 Å². The van der Waals surface area contributed by atoms with Gasteiger partial charge in [-0.15, -0.1) is 0 Å². The highest BCUT2D eigenvalue weighted by Gasteiger charge is 2.46. The quantitative estimate of drug-likeness (QED) is 0.227. The molecule has 0 unspecified atom stereocenters. The summed E-state index contributed by atoms with van der Waals surface area (Å²) in [5, 5.41) is 7.92. The lowest BCUT2D eigenvalue weighted by Crippen LogP contribution is -2.59. The molecule has 218 valence electrons. The number of amides is 1. The third kappa shape index (κ3) is 6.58. The number of nitrogens with zero attached hydrogens (tertiary/aromatic N) is 2. The molecule has 1 fully saturated rings. The molecule has 3 heterocycles. The number of nitrogens with one attached hydrogen (secondary N) is 1. The van der Waals surface area contributed by atoms with Gasteiger partial charge < -0.3 is 33.2 Å². The van der Waals surface area contributed by atoms with Crippen LogP contribution in [-0.4, -0.2) is 47.4 Å². The zero-order valence-electron chi connectivity index (χ0n) is 24.0. The number of hydrogen-bond donors (Lipinski definition) is 1. The van der Waals surface area contributed by atoms with E-state index >= 15 is 0 Å². The van der Waals surface area contributed by atoms with Crippen molar-refractivity contribution in [3.63, 3.8) is 0 Å². The number of ether oxygens (including phenoxy) is 4. The molecule has 1 amide bonds. The number of alkyl carbamates (subject to hydrolysis) is 1. The second kappa shape index (κ2) is 11.1. The number of halogens is 1. The Bertz CT molecular complexity index is 1540. The van der Waals surface area contributed by atoms with Gasteiger partial charge in [0.1, 0.15) is 28.2 Å². The SMILES string of the molecule is CCCOc1ccc(-c2nc(-c3ccc4oc(C5(NC(=O)OC(C)(C)C)COC(C)(C)OC5)cc4c3)no2)cc1Br. The molecular weight excluding hydrogens is 594 g/mol. The highest BCUT2D eigenvalue weighted by molar-refractivity contribution is 9.10. The zero-order chi connectivity index (χ0) is 29.4. The first-order valence-electron chi connectivity index (χ1n) is 13.5. The number of aromatic nitrogens is 2. The average Bonchev–Trinajstić information content (AvgIpc) is 3.56. The van der Waals surface area contributed by atoms with E-state index in [1.807, 2.05) is 56.3 Å². The molecule has 11 heteroatoms. The van der Waals surface area contributed by atoms with Crippen molar-refractivity contribution in [2.45, 2.75) is 64.9 Å². The number of benzene rings is 2. The molecule has 2 aromatic carbocycles. The largest absolute Gasteiger partial charge is 0.492 e. The third-order valence-electron chi connectivity index (χ3n) is 6.39. The minimum Gasteiger partial charge on any atom is -0.492 e.